The Morgan fingerprint density at radius 3 is 2.71 bits per heavy atom. The van der Waals surface area contributed by atoms with E-state index < -0.39 is 0 Å². The quantitative estimate of drug-likeness (QED) is 0.651. The smallest absolute Gasteiger partial charge is 0.222 e. The molecule has 1 aliphatic heterocycles. The number of nitrogen functional groups attached to an aromatic ring is 1. The van der Waals surface area contributed by atoms with Gasteiger partial charge in [0.1, 0.15) is 5.75 Å². The minimum atomic E-state index is 0.0912. The van der Waals surface area contributed by atoms with Crippen LogP contribution in [0.3, 0.4) is 0 Å². The van der Waals surface area contributed by atoms with Gasteiger partial charge in [0.15, 0.2) is 0 Å². The first-order valence-electron chi connectivity index (χ1n) is 7.49. The summed E-state index contributed by atoms with van der Waals surface area (Å²) in [5.74, 6) is 0.268. The summed E-state index contributed by atoms with van der Waals surface area (Å²) in [6.45, 7) is 2.10. The Labute approximate surface area is 126 Å². The summed E-state index contributed by atoms with van der Waals surface area (Å²) in [6.07, 6.45) is 3.23. The molecule has 0 aliphatic carbocycles. The fourth-order valence-electron chi connectivity index (χ4n) is 2.77. The van der Waals surface area contributed by atoms with E-state index >= 15 is 0 Å². The van der Waals surface area contributed by atoms with Gasteiger partial charge in [0, 0.05) is 19.5 Å². The van der Waals surface area contributed by atoms with E-state index in [9.17, 15) is 9.90 Å². The molecule has 1 amide bonds. The molecule has 1 aliphatic rings. The van der Waals surface area contributed by atoms with Gasteiger partial charge in [0.05, 0.1) is 5.69 Å². The number of phenols is 1. The molecular weight excluding hydrogens is 266 g/mol. The summed E-state index contributed by atoms with van der Waals surface area (Å²) in [5, 5.41) is 9.40. The summed E-state index contributed by atoms with van der Waals surface area (Å²) in [5.41, 5.74) is 7.01. The van der Waals surface area contributed by atoms with Crippen molar-refractivity contribution in [2.75, 3.05) is 32.9 Å². The number of anilines is 1. The molecule has 5 heteroatoms. The molecule has 116 valence electrons. The lowest BCUT2D eigenvalue weighted by Gasteiger charge is -2.35. The number of benzene rings is 1. The van der Waals surface area contributed by atoms with Crippen LogP contribution in [0.15, 0.2) is 18.2 Å². The summed E-state index contributed by atoms with van der Waals surface area (Å²) >= 11 is 0. The molecule has 5 nitrogen and oxygen atoms in total. The van der Waals surface area contributed by atoms with Gasteiger partial charge in [-0.25, -0.2) is 0 Å². The molecule has 1 fully saturated rings. The number of nitrogens with two attached hydrogens (primary N) is 1. The van der Waals surface area contributed by atoms with Crippen molar-refractivity contribution < 1.29 is 9.90 Å². The molecule has 1 heterocycles. The maximum atomic E-state index is 12.3. The second-order valence-electron chi connectivity index (χ2n) is 5.93. The highest BCUT2D eigenvalue weighted by Gasteiger charge is 2.23. The lowest BCUT2D eigenvalue weighted by atomic mass is 10.0. The Morgan fingerprint density at radius 1 is 1.43 bits per heavy atom. The van der Waals surface area contributed by atoms with Gasteiger partial charge >= 0.3 is 0 Å². The van der Waals surface area contributed by atoms with E-state index in [1.807, 2.05) is 18.0 Å². The monoisotopic (exact) mass is 291 g/mol. The summed E-state index contributed by atoms with van der Waals surface area (Å²) in [7, 11) is 4.02. The minimum absolute atomic E-state index is 0.0912. The van der Waals surface area contributed by atoms with Crippen molar-refractivity contribution in [1.29, 1.82) is 0 Å². The number of carbonyl (C=O) groups is 1. The highest BCUT2D eigenvalue weighted by molar-refractivity contribution is 5.76. The molecule has 0 bridgehead atoms. The van der Waals surface area contributed by atoms with Crippen molar-refractivity contribution in [2.24, 2.45) is 0 Å². The van der Waals surface area contributed by atoms with Crippen molar-refractivity contribution in [3.63, 3.8) is 0 Å². The zero-order valence-electron chi connectivity index (χ0n) is 12.9. The number of aryl methyl sites for hydroxylation is 1. The number of nitrogens with zero attached hydrogens (tertiary/aromatic N) is 2. The second-order valence-corrected chi connectivity index (χ2v) is 5.93. The van der Waals surface area contributed by atoms with Gasteiger partial charge in [-0.15, -0.1) is 0 Å². The summed E-state index contributed by atoms with van der Waals surface area (Å²) < 4.78 is 0. The topological polar surface area (TPSA) is 69.8 Å². The molecule has 0 aromatic heterocycles. The molecule has 0 saturated carbocycles. The maximum absolute atomic E-state index is 12.3. The normalized spacial score (nSPS) is 16.9. The molecular formula is C16H25N3O2. The number of carbonyl (C=O) groups excluding carboxylic acids is 1. The predicted molar refractivity (Wildman–Crippen MR) is 84.1 cm³/mol. The van der Waals surface area contributed by atoms with E-state index in [-0.39, 0.29) is 11.7 Å². The fourth-order valence-corrected chi connectivity index (χ4v) is 2.77. The van der Waals surface area contributed by atoms with Crippen LogP contribution in [0.1, 0.15) is 24.8 Å². The molecule has 2 rings (SSSR count). The number of likely N-dealkylation sites (tertiary alicyclic amines) is 1. The molecule has 0 atom stereocenters. The van der Waals surface area contributed by atoms with Gasteiger partial charge in [0.25, 0.3) is 0 Å². The predicted octanol–water partition coefficient (Wildman–Crippen LogP) is 1.46. The average Bonchev–Trinajstić information content (AvgIpc) is 2.48. The van der Waals surface area contributed by atoms with E-state index in [4.69, 9.17) is 5.73 Å². The number of hydrogen-bond acceptors (Lipinski definition) is 4. The first kappa shape index (κ1) is 15.6. The van der Waals surface area contributed by atoms with E-state index in [1.165, 1.54) is 0 Å². The highest BCUT2D eigenvalue weighted by atomic mass is 16.3. The second kappa shape index (κ2) is 6.80. The highest BCUT2D eigenvalue weighted by Crippen LogP contribution is 2.21. The zero-order chi connectivity index (χ0) is 15.4. The molecule has 0 spiro atoms. The van der Waals surface area contributed by atoms with Gasteiger partial charge in [-0.05, 0) is 57.1 Å². The zero-order valence-corrected chi connectivity index (χ0v) is 12.9. The number of hydrogen-bond donors (Lipinski definition) is 2. The lowest BCUT2D eigenvalue weighted by Crippen LogP contribution is -2.44. The van der Waals surface area contributed by atoms with E-state index in [0.717, 1.165) is 31.5 Å². The molecule has 1 aromatic rings. The first-order valence-corrected chi connectivity index (χ1v) is 7.49. The average molecular weight is 291 g/mol. The van der Waals surface area contributed by atoms with Crippen LogP contribution in [0.4, 0.5) is 5.69 Å². The minimum Gasteiger partial charge on any atom is -0.506 e. The van der Waals surface area contributed by atoms with E-state index in [2.05, 4.69) is 11.9 Å². The van der Waals surface area contributed by atoms with Crippen LogP contribution in [0, 0.1) is 0 Å². The Balaban J connectivity index is 1.84. The van der Waals surface area contributed by atoms with Crippen LogP contribution in [0.5, 0.6) is 5.75 Å². The van der Waals surface area contributed by atoms with Crippen LogP contribution in [0.25, 0.3) is 0 Å². The SMILES string of the molecule is CN1CCC(N(C)C(=O)CCc2ccc(O)c(N)c2)CC1. The van der Waals surface area contributed by atoms with Crippen LogP contribution in [-0.2, 0) is 11.2 Å². The number of rotatable bonds is 4. The van der Waals surface area contributed by atoms with Crippen molar-refractivity contribution >= 4 is 11.6 Å². The van der Waals surface area contributed by atoms with Gasteiger partial charge in [0.2, 0.25) is 5.91 Å². The van der Waals surface area contributed by atoms with Crippen molar-refractivity contribution in [1.82, 2.24) is 9.80 Å². The third kappa shape index (κ3) is 4.11. The van der Waals surface area contributed by atoms with Crippen LogP contribution >= 0.6 is 0 Å². The Morgan fingerprint density at radius 2 is 2.10 bits per heavy atom. The van der Waals surface area contributed by atoms with E-state index in [0.29, 0.717) is 24.6 Å². The Hall–Kier alpha value is -1.75. The third-order valence-electron chi connectivity index (χ3n) is 4.35. The van der Waals surface area contributed by atoms with Crippen LogP contribution < -0.4 is 5.73 Å². The summed E-state index contributed by atoms with van der Waals surface area (Å²) in [4.78, 5) is 16.5. The van der Waals surface area contributed by atoms with Crippen molar-refractivity contribution in [3.8, 4) is 5.75 Å². The number of piperidine rings is 1. The van der Waals surface area contributed by atoms with Crippen molar-refractivity contribution in [2.45, 2.75) is 31.7 Å². The van der Waals surface area contributed by atoms with Crippen LogP contribution in [-0.4, -0.2) is 54.0 Å². The summed E-state index contributed by atoms with van der Waals surface area (Å²) in [6, 6.07) is 5.49. The molecule has 1 saturated heterocycles. The van der Waals surface area contributed by atoms with Gasteiger partial charge in [-0.1, -0.05) is 6.07 Å². The fraction of sp³-hybridized carbons (Fsp3) is 0.562. The van der Waals surface area contributed by atoms with Gasteiger partial charge in [-0.3, -0.25) is 4.79 Å². The number of aromatic hydroxyl groups is 1. The molecule has 1 aromatic carbocycles. The Bertz CT molecular complexity index is 496. The molecule has 0 radical (unpaired) electrons. The standard InChI is InChI=1S/C16H25N3O2/c1-18-9-7-13(8-10-18)19(2)16(21)6-4-12-3-5-15(20)14(17)11-12/h3,5,11,13,20H,4,6-10,17H2,1-2H3. The van der Waals surface area contributed by atoms with E-state index in [1.54, 1.807) is 12.1 Å². The molecule has 3 N–H and O–H groups in total. The van der Waals surface area contributed by atoms with Crippen molar-refractivity contribution in [3.05, 3.63) is 23.8 Å². The number of amides is 1. The Kier molecular flexibility index (Phi) is 5.07. The third-order valence-corrected chi connectivity index (χ3v) is 4.35. The molecule has 21 heavy (non-hydrogen) atoms. The van der Waals surface area contributed by atoms with Gasteiger partial charge < -0.3 is 20.6 Å². The maximum Gasteiger partial charge on any atom is 0.222 e. The largest absolute Gasteiger partial charge is 0.506 e. The number of phenolic OH excluding ortho intramolecular Hbond substituents is 1. The van der Waals surface area contributed by atoms with Crippen LogP contribution in [0.2, 0.25) is 0 Å². The lowest BCUT2D eigenvalue weighted by molar-refractivity contribution is -0.132. The molecule has 0 unspecified atom stereocenters. The first-order chi connectivity index (χ1) is 9.97. The van der Waals surface area contributed by atoms with Gasteiger partial charge in [-0.2, -0.15) is 0 Å².